The van der Waals surface area contributed by atoms with Gasteiger partial charge < -0.3 is 6.15 Å². The maximum atomic E-state index is 12.5. The molecule has 0 fully saturated rings. The summed E-state index contributed by atoms with van der Waals surface area (Å²) in [6.45, 7) is 0. The first-order valence-corrected chi connectivity index (χ1v) is 2.93. The zero-order valence-corrected chi connectivity index (χ0v) is 6.00. The third-order valence-corrected chi connectivity index (χ3v) is 1.21. The van der Waals surface area contributed by atoms with Gasteiger partial charge in [-0.3, -0.25) is 0 Å². The van der Waals surface area contributed by atoms with Gasteiger partial charge in [0.1, 0.15) is 6.07 Å². The summed E-state index contributed by atoms with van der Waals surface area (Å²) >= 11 is 0. The van der Waals surface area contributed by atoms with Crippen LogP contribution in [0.1, 0.15) is 11.7 Å². The van der Waals surface area contributed by atoms with Gasteiger partial charge in [-0.05, 0) is 0 Å². The second kappa shape index (κ2) is 4.42. The molecular formula is C8H9FN2. The van der Waals surface area contributed by atoms with Crippen LogP contribution in [0.15, 0.2) is 30.3 Å². The van der Waals surface area contributed by atoms with Crippen molar-refractivity contribution in [3.63, 3.8) is 0 Å². The minimum Gasteiger partial charge on any atom is -0.344 e. The number of nitrogens with zero attached hydrogens (tertiary/aromatic N) is 1. The first kappa shape index (κ1) is 9.60. The third-order valence-electron chi connectivity index (χ3n) is 1.21. The number of alkyl halides is 1. The van der Waals surface area contributed by atoms with Crippen LogP contribution >= 0.6 is 0 Å². The number of nitriles is 1. The summed E-state index contributed by atoms with van der Waals surface area (Å²) in [5.74, 6) is 0. The quantitative estimate of drug-likeness (QED) is 0.671. The normalized spacial score (nSPS) is 10.9. The molecule has 0 spiro atoms. The molecule has 3 heteroatoms. The van der Waals surface area contributed by atoms with E-state index in [-0.39, 0.29) is 6.15 Å². The summed E-state index contributed by atoms with van der Waals surface area (Å²) in [5, 5.41) is 8.16. The van der Waals surface area contributed by atoms with E-state index in [0.29, 0.717) is 5.56 Å². The van der Waals surface area contributed by atoms with E-state index in [0.717, 1.165) is 0 Å². The summed E-state index contributed by atoms with van der Waals surface area (Å²) < 4.78 is 12.5. The smallest absolute Gasteiger partial charge is 0.211 e. The van der Waals surface area contributed by atoms with E-state index in [1.807, 2.05) is 0 Å². The summed E-state index contributed by atoms with van der Waals surface area (Å²) in [7, 11) is 0. The van der Waals surface area contributed by atoms with Gasteiger partial charge in [0.05, 0.1) is 0 Å². The summed E-state index contributed by atoms with van der Waals surface area (Å²) in [4.78, 5) is 0. The van der Waals surface area contributed by atoms with Crippen molar-refractivity contribution < 1.29 is 4.39 Å². The largest absolute Gasteiger partial charge is 0.344 e. The van der Waals surface area contributed by atoms with Crippen molar-refractivity contribution in [2.45, 2.75) is 6.17 Å². The molecule has 1 unspecified atom stereocenters. The Morgan fingerprint density at radius 3 is 2.27 bits per heavy atom. The highest BCUT2D eigenvalue weighted by Gasteiger charge is 2.04. The molecule has 0 saturated carbocycles. The zero-order valence-electron chi connectivity index (χ0n) is 6.00. The molecule has 0 bridgehead atoms. The predicted molar refractivity (Wildman–Crippen MR) is 40.9 cm³/mol. The van der Waals surface area contributed by atoms with Crippen LogP contribution < -0.4 is 6.15 Å². The Labute approximate surface area is 64.9 Å². The van der Waals surface area contributed by atoms with Crippen LogP contribution in [0, 0.1) is 11.3 Å². The van der Waals surface area contributed by atoms with Crippen LogP contribution in [0.4, 0.5) is 4.39 Å². The molecule has 0 amide bonds. The van der Waals surface area contributed by atoms with E-state index in [2.05, 4.69) is 0 Å². The van der Waals surface area contributed by atoms with Gasteiger partial charge in [0.15, 0.2) is 0 Å². The maximum Gasteiger partial charge on any atom is 0.211 e. The standard InChI is InChI=1S/C8H6FN.H3N/c9-8(6-10)7-4-2-1-3-5-7;/h1-5,8H;1H3. The highest BCUT2D eigenvalue weighted by atomic mass is 19.1. The van der Waals surface area contributed by atoms with Crippen molar-refractivity contribution in [3.05, 3.63) is 35.9 Å². The monoisotopic (exact) mass is 152 g/mol. The Morgan fingerprint density at radius 1 is 1.27 bits per heavy atom. The minimum atomic E-state index is -1.48. The second-order valence-corrected chi connectivity index (χ2v) is 1.90. The molecule has 58 valence electrons. The van der Waals surface area contributed by atoms with E-state index in [1.54, 1.807) is 30.3 Å². The van der Waals surface area contributed by atoms with Gasteiger partial charge in [-0.15, -0.1) is 0 Å². The molecule has 0 saturated heterocycles. The van der Waals surface area contributed by atoms with Crippen molar-refractivity contribution in [3.8, 4) is 6.07 Å². The van der Waals surface area contributed by atoms with Crippen molar-refractivity contribution in [1.82, 2.24) is 6.15 Å². The summed E-state index contributed by atoms with van der Waals surface area (Å²) in [6, 6.07) is 9.90. The van der Waals surface area contributed by atoms with E-state index in [9.17, 15) is 4.39 Å². The first-order valence-electron chi connectivity index (χ1n) is 2.93. The van der Waals surface area contributed by atoms with Crippen molar-refractivity contribution in [2.75, 3.05) is 0 Å². The molecule has 1 rings (SSSR count). The predicted octanol–water partition coefficient (Wildman–Crippen LogP) is 2.38. The van der Waals surface area contributed by atoms with Crippen molar-refractivity contribution >= 4 is 0 Å². The van der Waals surface area contributed by atoms with Gasteiger partial charge in [0, 0.05) is 5.56 Å². The Hall–Kier alpha value is -1.40. The van der Waals surface area contributed by atoms with Gasteiger partial charge in [-0.25, -0.2) is 4.39 Å². The van der Waals surface area contributed by atoms with Crippen LogP contribution in [0.3, 0.4) is 0 Å². The molecule has 1 atom stereocenters. The van der Waals surface area contributed by atoms with Crippen LogP contribution in [0.5, 0.6) is 0 Å². The van der Waals surface area contributed by atoms with E-state index >= 15 is 0 Å². The van der Waals surface area contributed by atoms with E-state index in [1.165, 1.54) is 6.07 Å². The lowest BCUT2D eigenvalue weighted by Gasteiger charge is -1.95. The Bertz CT molecular complexity index is 240. The van der Waals surface area contributed by atoms with Crippen LogP contribution in [0.25, 0.3) is 0 Å². The first-order chi connectivity index (χ1) is 4.84. The van der Waals surface area contributed by atoms with Crippen LogP contribution in [0.2, 0.25) is 0 Å². The fraction of sp³-hybridized carbons (Fsp3) is 0.125. The number of halogens is 1. The topological polar surface area (TPSA) is 58.8 Å². The van der Waals surface area contributed by atoms with Gasteiger partial charge in [0.2, 0.25) is 6.17 Å². The second-order valence-electron chi connectivity index (χ2n) is 1.90. The summed E-state index contributed by atoms with van der Waals surface area (Å²) in [6.07, 6.45) is -1.48. The molecule has 3 N–H and O–H groups in total. The highest BCUT2D eigenvalue weighted by Crippen LogP contribution is 2.14. The van der Waals surface area contributed by atoms with E-state index in [4.69, 9.17) is 5.26 Å². The summed E-state index contributed by atoms with van der Waals surface area (Å²) in [5.41, 5.74) is 0.421. The average Bonchev–Trinajstić information content (AvgIpc) is 2.05. The highest BCUT2D eigenvalue weighted by molar-refractivity contribution is 5.21. The molecule has 0 heterocycles. The van der Waals surface area contributed by atoms with Gasteiger partial charge in [-0.2, -0.15) is 5.26 Å². The minimum absolute atomic E-state index is 0. The van der Waals surface area contributed by atoms with E-state index < -0.39 is 6.17 Å². The van der Waals surface area contributed by atoms with Crippen LogP contribution in [-0.4, -0.2) is 0 Å². The molecule has 0 aliphatic rings. The maximum absolute atomic E-state index is 12.5. The number of hydrogen-bond donors (Lipinski definition) is 1. The average molecular weight is 152 g/mol. The number of benzene rings is 1. The van der Waals surface area contributed by atoms with Gasteiger partial charge in [0.25, 0.3) is 0 Å². The SMILES string of the molecule is N.N#CC(F)c1ccccc1. The number of rotatable bonds is 1. The molecule has 2 nitrogen and oxygen atoms in total. The van der Waals surface area contributed by atoms with Crippen molar-refractivity contribution in [1.29, 1.82) is 5.26 Å². The molecule has 0 aliphatic carbocycles. The molecule has 1 aromatic rings. The third kappa shape index (κ3) is 2.36. The lowest BCUT2D eigenvalue weighted by Crippen LogP contribution is -1.84. The molecule has 0 aliphatic heterocycles. The molecule has 0 radical (unpaired) electrons. The molecule has 0 aromatic heterocycles. The fourth-order valence-corrected chi connectivity index (χ4v) is 0.697. The zero-order chi connectivity index (χ0) is 7.40. The fourth-order valence-electron chi connectivity index (χ4n) is 0.697. The van der Waals surface area contributed by atoms with Gasteiger partial charge in [-0.1, -0.05) is 30.3 Å². The lowest BCUT2D eigenvalue weighted by atomic mass is 10.1. The Morgan fingerprint density at radius 2 is 1.82 bits per heavy atom. The molecule has 11 heavy (non-hydrogen) atoms. The van der Waals surface area contributed by atoms with Gasteiger partial charge >= 0.3 is 0 Å². The lowest BCUT2D eigenvalue weighted by molar-refractivity contribution is 0.424. The molecule has 1 aromatic carbocycles. The Kier molecular flexibility index (Phi) is 3.86. The molecular weight excluding hydrogens is 143 g/mol. The Balaban J connectivity index is 0.000001000. The van der Waals surface area contributed by atoms with Crippen molar-refractivity contribution in [2.24, 2.45) is 0 Å². The van der Waals surface area contributed by atoms with Crippen LogP contribution in [-0.2, 0) is 0 Å². The number of hydrogen-bond acceptors (Lipinski definition) is 2.